The topological polar surface area (TPSA) is 63.3 Å². The minimum absolute atomic E-state index is 0.0558. The van der Waals surface area contributed by atoms with Crippen LogP contribution >= 0.6 is 11.6 Å². The van der Waals surface area contributed by atoms with Crippen molar-refractivity contribution in [2.45, 2.75) is 19.3 Å². The van der Waals surface area contributed by atoms with Crippen molar-refractivity contribution in [2.75, 3.05) is 18.0 Å². The van der Waals surface area contributed by atoms with Gasteiger partial charge in [0.25, 0.3) is 0 Å². The van der Waals surface area contributed by atoms with Gasteiger partial charge < -0.3 is 14.6 Å². The van der Waals surface area contributed by atoms with Crippen LogP contribution in [-0.4, -0.2) is 32.3 Å². The van der Waals surface area contributed by atoms with Gasteiger partial charge in [0.1, 0.15) is 11.6 Å². The Bertz CT molecular complexity index is 1420. The zero-order chi connectivity index (χ0) is 23.8. The average molecular weight is 479 g/mol. The van der Waals surface area contributed by atoms with Gasteiger partial charge >= 0.3 is 5.69 Å². The van der Waals surface area contributed by atoms with E-state index >= 15 is 0 Å². The molecule has 1 saturated heterocycles. The first-order valence-corrected chi connectivity index (χ1v) is 11.6. The molecule has 0 saturated carbocycles. The lowest BCUT2D eigenvalue weighted by molar-refractivity contribution is 0.477. The van der Waals surface area contributed by atoms with Crippen molar-refractivity contribution < 1.29 is 9.50 Å². The lowest BCUT2D eigenvalue weighted by Crippen LogP contribution is -2.29. The number of hydrogen-bond donors (Lipinski definition) is 1. The van der Waals surface area contributed by atoms with Gasteiger partial charge in [-0.2, -0.15) is 0 Å². The summed E-state index contributed by atoms with van der Waals surface area (Å²) in [7, 11) is 1.66. The molecule has 0 aliphatic carbocycles. The molecule has 174 valence electrons. The summed E-state index contributed by atoms with van der Waals surface area (Å²) in [6.07, 6.45) is 10.2. The molecule has 2 aromatic carbocycles. The van der Waals surface area contributed by atoms with E-state index in [0.29, 0.717) is 33.0 Å². The number of imidazole rings is 1. The lowest BCUT2D eigenvalue weighted by atomic mass is 9.97. The molecule has 34 heavy (non-hydrogen) atoms. The van der Waals surface area contributed by atoms with Crippen molar-refractivity contribution in [3.05, 3.63) is 82.5 Å². The lowest BCUT2D eigenvalue weighted by Gasteiger charge is -2.28. The van der Waals surface area contributed by atoms with Crippen LogP contribution in [0.15, 0.2) is 66.0 Å². The van der Waals surface area contributed by atoms with Gasteiger partial charge in [0, 0.05) is 55.4 Å². The van der Waals surface area contributed by atoms with Crippen LogP contribution in [0.4, 0.5) is 10.1 Å². The van der Waals surface area contributed by atoms with Crippen LogP contribution in [0.2, 0.25) is 5.02 Å². The van der Waals surface area contributed by atoms with Crippen LogP contribution in [0.25, 0.3) is 27.9 Å². The van der Waals surface area contributed by atoms with E-state index in [1.54, 1.807) is 50.0 Å². The third kappa shape index (κ3) is 4.07. The predicted octanol–water partition coefficient (Wildman–Crippen LogP) is 5.39. The van der Waals surface area contributed by atoms with Crippen LogP contribution in [0, 0.1) is 5.82 Å². The van der Waals surface area contributed by atoms with E-state index in [1.165, 1.54) is 27.7 Å². The van der Waals surface area contributed by atoms with E-state index in [4.69, 9.17) is 11.6 Å². The fraction of sp³-hybridized carbons (Fsp3) is 0.231. The molecule has 1 N–H and O–H groups in total. The molecule has 0 amide bonds. The van der Waals surface area contributed by atoms with E-state index < -0.39 is 5.82 Å². The monoisotopic (exact) mass is 478 g/mol. The Hall–Kier alpha value is -3.58. The Balaban J connectivity index is 1.55. The van der Waals surface area contributed by atoms with E-state index in [9.17, 15) is 14.3 Å². The van der Waals surface area contributed by atoms with E-state index in [1.807, 2.05) is 6.07 Å². The second-order valence-electron chi connectivity index (χ2n) is 8.56. The SMILES string of the molecule is Cn1ccn(-c2ccc(-c3cc(F)cc(-c4cncc(N5CCCCC5)c4)c3O)cc2Cl)c1=O. The van der Waals surface area contributed by atoms with Crippen molar-refractivity contribution in [3.8, 4) is 33.7 Å². The van der Waals surface area contributed by atoms with Crippen molar-refractivity contribution in [2.24, 2.45) is 7.05 Å². The summed E-state index contributed by atoms with van der Waals surface area (Å²) >= 11 is 6.49. The van der Waals surface area contributed by atoms with Crippen LogP contribution in [0.1, 0.15) is 19.3 Å². The second kappa shape index (κ2) is 8.99. The van der Waals surface area contributed by atoms with Gasteiger partial charge in [0.05, 0.1) is 22.6 Å². The summed E-state index contributed by atoms with van der Waals surface area (Å²) in [5.41, 5.74) is 3.09. The number of aryl methyl sites for hydroxylation is 1. The van der Waals surface area contributed by atoms with Crippen molar-refractivity contribution in [1.82, 2.24) is 14.1 Å². The first-order valence-electron chi connectivity index (χ1n) is 11.2. The Morgan fingerprint density at radius 1 is 0.971 bits per heavy atom. The third-order valence-electron chi connectivity index (χ3n) is 6.30. The Morgan fingerprint density at radius 3 is 2.38 bits per heavy atom. The maximum Gasteiger partial charge on any atom is 0.332 e. The highest BCUT2D eigenvalue weighted by atomic mass is 35.5. The Morgan fingerprint density at radius 2 is 1.71 bits per heavy atom. The molecule has 0 unspecified atom stereocenters. The quantitative estimate of drug-likeness (QED) is 0.427. The zero-order valence-electron chi connectivity index (χ0n) is 18.7. The Labute approximate surface area is 201 Å². The summed E-state index contributed by atoms with van der Waals surface area (Å²) in [5.74, 6) is -0.537. The molecule has 5 rings (SSSR count). The molecule has 6 nitrogen and oxygen atoms in total. The number of anilines is 1. The highest BCUT2D eigenvalue weighted by Crippen LogP contribution is 2.41. The maximum absolute atomic E-state index is 14.7. The average Bonchev–Trinajstić information content (AvgIpc) is 3.18. The number of nitrogens with zero attached hydrogens (tertiary/aromatic N) is 4. The minimum Gasteiger partial charge on any atom is -0.507 e. The summed E-state index contributed by atoms with van der Waals surface area (Å²) in [6, 6.07) is 9.55. The predicted molar refractivity (Wildman–Crippen MR) is 132 cm³/mol. The van der Waals surface area contributed by atoms with Gasteiger partial charge in [0.2, 0.25) is 0 Å². The zero-order valence-corrected chi connectivity index (χ0v) is 19.5. The number of halogens is 2. The van der Waals surface area contributed by atoms with Gasteiger partial charge in [-0.3, -0.25) is 9.55 Å². The van der Waals surface area contributed by atoms with E-state index in [-0.39, 0.29) is 11.4 Å². The highest BCUT2D eigenvalue weighted by Gasteiger charge is 2.18. The normalized spacial score (nSPS) is 13.9. The number of hydrogen-bond acceptors (Lipinski definition) is 4. The summed E-state index contributed by atoms with van der Waals surface area (Å²) in [4.78, 5) is 18.9. The largest absolute Gasteiger partial charge is 0.507 e. The van der Waals surface area contributed by atoms with Crippen LogP contribution in [0.5, 0.6) is 5.75 Å². The first kappa shape index (κ1) is 22.2. The number of aromatic nitrogens is 3. The van der Waals surface area contributed by atoms with E-state index in [2.05, 4.69) is 9.88 Å². The fourth-order valence-corrected chi connectivity index (χ4v) is 4.73. The number of phenols is 1. The molecule has 3 heterocycles. The van der Waals surface area contributed by atoms with Crippen LogP contribution in [-0.2, 0) is 7.05 Å². The van der Waals surface area contributed by atoms with Crippen molar-refractivity contribution >= 4 is 17.3 Å². The minimum atomic E-state index is -0.481. The molecule has 2 aromatic heterocycles. The van der Waals surface area contributed by atoms with Gasteiger partial charge in [-0.1, -0.05) is 17.7 Å². The molecule has 1 aliphatic heterocycles. The summed E-state index contributed by atoms with van der Waals surface area (Å²) in [5, 5.41) is 11.4. The molecule has 8 heteroatoms. The molecule has 1 aliphatic rings. The molecule has 0 radical (unpaired) electrons. The number of rotatable bonds is 4. The molecule has 0 spiro atoms. The number of benzene rings is 2. The van der Waals surface area contributed by atoms with Crippen molar-refractivity contribution in [1.29, 1.82) is 0 Å². The van der Waals surface area contributed by atoms with E-state index in [0.717, 1.165) is 31.6 Å². The number of aromatic hydroxyl groups is 1. The molecular formula is C26H24ClFN4O2. The molecule has 0 atom stereocenters. The number of piperidine rings is 1. The van der Waals surface area contributed by atoms with Crippen LogP contribution < -0.4 is 10.6 Å². The van der Waals surface area contributed by atoms with Gasteiger partial charge in [0.15, 0.2) is 0 Å². The molecule has 0 bridgehead atoms. The molecule has 1 fully saturated rings. The number of pyridine rings is 1. The van der Waals surface area contributed by atoms with Gasteiger partial charge in [-0.05, 0) is 55.2 Å². The maximum atomic E-state index is 14.7. The standard InChI is InChI=1S/C26H24ClFN4O2/c1-30-9-10-32(26(30)34)24-6-5-17(12-23(24)27)21-13-19(28)14-22(25(21)33)18-11-20(16-29-15-18)31-7-3-2-4-8-31/h5-6,9-16,33H,2-4,7-8H2,1H3. The third-order valence-corrected chi connectivity index (χ3v) is 6.60. The fourth-order valence-electron chi connectivity index (χ4n) is 4.46. The smallest absolute Gasteiger partial charge is 0.332 e. The van der Waals surface area contributed by atoms with Crippen molar-refractivity contribution in [3.63, 3.8) is 0 Å². The van der Waals surface area contributed by atoms with Crippen LogP contribution in [0.3, 0.4) is 0 Å². The van der Waals surface area contributed by atoms with Gasteiger partial charge in [-0.25, -0.2) is 9.18 Å². The summed E-state index contributed by atoms with van der Waals surface area (Å²) in [6.45, 7) is 1.92. The molecular weight excluding hydrogens is 455 g/mol. The summed E-state index contributed by atoms with van der Waals surface area (Å²) < 4.78 is 17.6. The Kier molecular flexibility index (Phi) is 5.87. The second-order valence-corrected chi connectivity index (χ2v) is 8.96. The first-order chi connectivity index (χ1) is 16.4. The molecule has 4 aromatic rings. The number of phenolic OH excluding ortho intramolecular Hbond substituents is 1. The van der Waals surface area contributed by atoms with Gasteiger partial charge in [-0.15, -0.1) is 0 Å². The highest BCUT2D eigenvalue weighted by molar-refractivity contribution is 6.32.